The molecule has 180 valence electrons. The Morgan fingerprint density at radius 2 is 1.94 bits per heavy atom. The molecule has 32 heavy (non-hydrogen) atoms. The molecule has 0 aliphatic carbocycles. The van der Waals surface area contributed by atoms with Gasteiger partial charge in [-0.05, 0) is 39.5 Å². The summed E-state index contributed by atoms with van der Waals surface area (Å²) in [6.07, 6.45) is 1.30. The molecule has 0 bridgehead atoms. The number of hydrogen-bond acceptors (Lipinski definition) is 7. The number of likely N-dealkylation sites (tertiary alicyclic amines) is 1. The van der Waals surface area contributed by atoms with E-state index in [2.05, 4.69) is 23.9 Å². The first-order valence-corrected chi connectivity index (χ1v) is 11.7. The maximum absolute atomic E-state index is 13.1. The van der Waals surface area contributed by atoms with Crippen molar-refractivity contribution in [3.8, 4) is 0 Å². The first-order chi connectivity index (χ1) is 15.3. The van der Waals surface area contributed by atoms with Gasteiger partial charge < -0.3 is 23.8 Å². The third-order valence-electron chi connectivity index (χ3n) is 6.29. The van der Waals surface area contributed by atoms with Gasteiger partial charge in [-0.15, -0.1) is 0 Å². The molecule has 2 fully saturated rings. The average Bonchev–Trinajstić information content (AvgIpc) is 2.98. The zero-order chi connectivity index (χ0) is 23.3. The molecule has 9 nitrogen and oxygen atoms in total. The van der Waals surface area contributed by atoms with Gasteiger partial charge >= 0.3 is 6.09 Å². The summed E-state index contributed by atoms with van der Waals surface area (Å²) in [4.78, 5) is 31.1. The highest BCUT2D eigenvalue weighted by atomic mass is 16.6. The van der Waals surface area contributed by atoms with Crippen LogP contribution in [0.1, 0.15) is 50.6 Å². The van der Waals surface area contributed by atoms with Gasteiger partial charge in [0.2, 0.25) is 5.91 Å². The molecule has 2 amide bonds. The van der Waals surface area contributed by atoms with E-state index in [0.717, 1.165) is 36.4 Å². The average molecular weight is 451 g/mol. The van der Waals surface area contributed by atoms with Crippen LogP contribution >= 0.6 is 0 Å². The molecule has 1 atom stereocenters. The summed E-state index contributed by atoms with van der Waals surface area (Å²) in [6.45, 7) is 14.4. The summed E-state index contributed by atoms with van der Waals surface area (Å²) < 4.78 is 16.7. The first kappa shape index (κ1) is 24.5. The molecule has 0 aromatic carbocycles. The maximum atomic E-state index is 13.1. The molecule has 0 spiro atoms. The Kier molecular flexibility index (Phi) is 8.53. The molecule has 2 saturated heterocycles. The topological polar surface area (TPSA) is 88.4 Å². The van der Waals surface area contributed by atoms with Crippen LogP contribution in [0.5, 0.6) is 0 Å². The molecule has 1 aromatic heterocycles. The molecule has 1 aromatic rings. The third kappa shape index (κ3) is 6.22. The zero-order valence-corrected chi connectivity index (χ0v) is 20.1. The van der Waals surface area contributed by atoms with Gasteiger partial charge in [0, 0.05) is 44.3 Å². The molecule has 9 heteroatoms. The van der Waals surface area contributed by atoms with Crippen molar-refractivity contribution in [1.82, 2.24) is 19.9 Å². The lowest BCUT2D eigenvalue weighted by Gasteiger charge is -2.37. The second-order valence-corrected chi connectivity index (χ2v) is 9.27. The quantitative estimate of drug-likeness (QED) is 0.631. The molecule has 3 heterocycles. The van der Waals surface area contributed by atoms with Crippen molar-refractivity contribution in [2.24, 2.45) is 5.92 Å². The van der Waals surface area contributed by atoms with E-state index in [9.17, 15) is 9.59 Å². The van der Waals surface area contributed by atoms with Gasteiger partial charge in [0.1, 0.15) is 5.76 Å². The summed E-state index contributed by atoms with van der Waals surface area (Å²) in [5.41, 5.74) is 1.82. The molecule has 0 N–H and O–H groups in total. The van der Waals surface area contributed by atoms with Crippen LogP contribution in [-0.2, 0) is 20.9 Å². The Bertz CT molecular complexity index is 753. The number of aromatic nitrogens is 1. The van der Waals surface area contributed by atoms with Crippen molar-refractivity contribution in [1.29, 1.82) is 0 Å². The number of rotatable bonds is 7. The number of hydrogen-bond donors (Lipinski definition) is 0. The predicted octanol–water partition coefficient (Wildman–Crippen LogP) is 2.60. The molecule has 2 aliphatic rings. The van der Waals surface area contributed by atoms with Crippen molar-refractivity contribution < 1.29 is 23.6 Å². The number of amides is 2. The molecular weight excluding hydrogens is 412 g/mol. The normalized spacial score (nSPS) is 21.3. The van der Waals surface area contributed by atoms with E-state index in [-0.39, 0.29) is 24.1 Å². The summed E-state index contributed by atoms with van der Waals surface area (Å²) in [5.74, 6) is 1.31. The molecule has 0 radical (unpaired) electrons. The molecule has 0 unspecified atom stereocenters. The van der Waals surface area contributed by atoms with Gasteiger partial charge in [0.25, 0.3) is 0 Å². The number of carbonyl (C=O) groups excluding carboxylic acids is 2. The van der Waals surface area contributed by atoms with Gasteiger partial charge in [0.15, 0.2) is 0 Å². The summed E-state index contributed by atoms with van der Waals surface area (Å²) in [5, 5.41) is 4.02. The Morgan fingerprint density at radius 1 is 1.22 bits per heavy atom. The number of carbonyl (C=O) groups is 2. The van der Waals surface area contributed by atoms with Crippen LogP contribution in [0.25, 0.3) is 0 Å². The van der Waals surface area contributed by atoms with E-state index in [4.69, 9.17) is 14.0 Å². The number of aryl methyl sites for hydroxylation is 2. The van der Waals surface area contributed by atoms with Crippen molar-refractivity contribution in [3.05, 3.63) is 17.0 Å². The fourth-order valence-electron chi connectivity index (χ4n) is 4.54. The Hall–Kier alpha value is -2.13. The summed E-state index contributed by atoms with van der Waals surface area (Å²) in [7, 11) is 0. The number of piperidine rings is 1. The summed E-state index contributed by atoms with van der Waals surface area (Å²) >= 11 is 0. The highest BCUT2D eigenvalue weighted by Crippen LogP contribution is 2.22. The fourth-order valence-corrected chi connectivity index (χ4v) is 4.54. The number of nitrogens with zero attached hydrogens (tertiary/aromatic N) is 4. The summed E-state index contributed by atoms with van der Waals surface area (Å²) in [6, 6.07) is 0.244. The second kappa shape index (κ2) is 11.1. The van der Waals surface area contributed by atoms with Crippen LogP contribution in [0.2, 0.25) is 0 Å². The predicted molar refractivity (Wildman–Crippen MR) is 119 cm³/mol. The van der Waals surface area contributed by atoms with Crippen molar-refractivity contribution in [2.45, 2.75) is 66.2 Å². The second-order valence-electron chi connectivity index (χ2n) is 9.27. The van der Waals surface area contributed by atoms with Gasteiger partial charge in [-0.25, -0.2) is 4.79 Å². The van der Waals surface area contributed by atoms with E-state index in [1.165, 1.54) is 0 Å². The lowest BCUT2D eigenvalue weighted by atomic mass is 10.0. The van der Waals surface area contributed by atoms with E-state index in [1.807, 2.05) is 25.7 Å². The lowest BCUT2D eigenvalue weighted by Crippen LogP contribution is -2.49. The Morgan fingerprint density at radius 3 is 2.53 bits per heavy atom. The third-order valence-corrected chi connectivity index (χ3v) is 6.29. The molecule has 2 aliphatic heterocycles. The first-order valence-electron chi connectivity index (χ1n) is 11.7. The van der Waals surface area contributed by atoms with Crippen molar-refractivity contribution in [3.63, 3.8) is 0 Å². The fraction of sp³-hybridized carbons (Fsp3) is 0.783. The molecular formula is C23H38N4O5. The highest BCUT2D eigenvalue weighted by molar-refractivity contribution is 5.78. The molecule has 0 saturated carbocycles. The van der Waals surface area contributed by atoms with Gasteiger partial charge in [-0.2, -0.15) is 0 Å². The standard InChI is InChI=1S/C23H38N4O5/c1-6-30-23(29)25-9-7-19(8-10-25)26-12-20(13-27(11-16(2)3)22(28)14-26)31-15-21-17(4)24-32-18(21)5/h16,19-20H,6-15H2,1-5H3/t20-/m1/s1. The Labute approximate surface area is 191 Å². The largest absolute Gasteiger partial charge is 0.450 e. The van der Waals surface area contributed by atoms with E-state index >= 15 is 0 Å². The smallest absolute Gasteiger partial charge is 0.409 e. The van der Waals surface area contributed by atoms with E-state index < -0.39 is 0 Å². The van der Waals surface area contributed by atoms with Crippen LogP contribution in [0.15, 0.2) is 4.52 Å². The van der Waals surface area contributed by atoms with Crippen LogP contribution in [0.4, 0.5) is 4.79 Å². The minimum atomic E-state index is -0.248. The van der Waals surface area contributed by atoms with Crippen molar-refractivity contribution in [2.75, 3.05) is 45.9 Å². The SMILES string of the molecule is CCOC(=O)N1CCC(N2CC(=O)N(CC(C)C)C[C@H](OCc3c(C)noc3C)C2)CC1. The van der Waals surface area contributed by atoms with Crippen LogP contribution in [0, 0.1) is 19.8 Å². The number of ether oxygens (including phenoxy) is 2. The van der Waals surface area contributed by atoms with E-state index in [0.29, 0.717) is 51.9 Å². The van der Waals surface area contributed by atoms with Crippen molar-refractivity contribution >= 4 is 12.0 Å². The maximum Gasteiger partial charge on any atom is 0.409 e. The minimum Gasteiger partial charge on any atom is -0.450 e. The van der Waals surface area contributed by atoms with Crippen LogP contribution in [-0.4, -0.2) is 89.9 Å². The van der Waals surface area contributed by atoms with Gasteiger partial charge in [-0.3, -0.25) is 9.69 Å². The molecule has 3 rings (SSSR count). The Balaban J connectivity index is 1.66. The zero-order valence-electron chi connectivity index (χ0n) is 20.1. The van der Waals surface area contributed by atoms with Gasteiger partial charge in [0.05, 0.1) is 31.6 Å². The lowest BCUT2D eigenvalue weighted by molar-refractivity contribution is -0.132. The van der Waals surface area contributed by atoms with E-state index in [1.54, 1.807) is 4.90 Å². The monoisotopic (exact) mass is 450 g/mol. The van der Waals surface area contributed by atoms with Crippen LogP contribution < -0.4 is 0 Å². The highest BCUT2D eigenvalue weighted by Gasteiger charge is 2.34. The minimum absolute atomic E-state index is 0.100. The van der Waals surface area contributed by atoms with Gasteiger partial charge in [-0.1, -0.05) is 19.0 Å². The van der Waals surface area contributed by atoms with Crippen LogP contribution in [0.3, 0.4) is 0 Å².